The Morgan fingerprint density at radius 1 is 0.931 bits per heavy atom. The SMILES string of the molecule is O=C(NCc1cccnc1)C(=O)N/N=C\c1ccccc1OCc1ccccc1. The largest absolute Gasteiger partial charge is 0.488 e. The minimum atomic E-state index is -0.854. The van der Waals surface area contributed by atoms with Gasteiger partial charge in [0.2, 0.25) is 0 Å². The van der Waals surface area contributed by atoms with E-state index in [1.807, 2.05) is 48.5 Å². The van der Waals surface area contributed by atoms with E-state index in [1.54, 1.807) is 30.6 Å². The molecule has 29 heavy (non-hydrogen) atoms. The molecule has 0 aliphatic heterocycles. The lowest BCUT2D eigenvalue weighted by molar-refractivity contribution is -0.139. The van der Waals surface area contributed by atoms with Crippen molar-refractivity contribution in [2.24, 2.45) is 5.10 Å². The summed E-state index contributed by atoms with van der Waals surface area (Å²) >= 11 is 0. The maximum atomic E-state index is 11.9. The molecule has 2 amide bonds. The van der Waals surface area contributed by atoms with Crippen LogP contribution in [-0.2, 0) is 22.7 Å². The van der Waals surface area contributed by atoms with Gasteiger partial charge < -0.3 is 10.1 Å². The molecule has 0 fully saturated rings. The number of aromatic nitrogens is 1. The summed E-state index contributed by atoms with van der Waals surface area (Å²) in [5, 5.41) is 6.36. The summed E-state index contributed by atoms with van der Waals surface area (Å²) in [4.78, 5) is 27.7. The molecule has 0 spiro atoms. The van der Waals surface area contributed by atoms with E-state index in [0.29, 0.717) is 17.9 Å². The van der Waals surface area contributed by atoms with Crippen LogP contribution < -0.4 is 15.5 Å². The summed E-state index contributed by atoms with van der Waals surface area (Å²) in [6.45, 7) is 0.620. The number of nitrogens with zero attached hydrogens (tertiary/aromatic N) is 2. The lowest BCUT2D eigenvalue weighted by Gasteiger charge is -2.09. The minimum Gasteiger partial charge on any atom is -0.488 e. The summed E-state index contributed by atoms with van der Waals surface area (Å²) in [6.07, 6.45) is 4.68. The van der Waals surface area contributed by atoms with Crippen LogP contribution in [-0.4, -0.2) is 23.0 Å². The van der Waals surface area contributed by atoms with Gasteiger partial charge in [-0.1, -0.05) is 48.5 Å². The molecule has 0 aliphatic rings. The lowest BCUT2D eigenvalue weighted by Crippen LogP contribution is -2.37. The summed E-state index contributed by atoms with van der Waals surface area (Å²) < 4.78 is 5.83. The molecule has 0 unspecified atom stereocenters. The third-order valence-electron chi connectivity index (χ3n) is 3.91. The summed E-state index contributed by atoms with van der Waals surface area (Å²) in [6, 6.07) is 20.6. The number of hydrazone groups is 1. The molecule has 3 aromatic rings. The maximum absolute atomic E-state index is 11.9. The maximum Gasteiger partial charge on any atom is 0.329 e. The number of hydrogen-bond acceptors (Lipinski definition) is 5. The van der Waals surface area contributed by atoms with Gasteiger partial charge in [-0.2, -0.15) is 5.10 Å². The zero-order valence-corrected chi connectivity index (χ0v) is 15.6. The van der Waals surface area contributed by atoms with Crippen LogP contribution in [0, 0.1) is 0 Å². The predicted molar refractivity (Wildman–Crippen MR) is 109 cm³/mol. The molecule has 0 bridgehead atoms. The Hall–Kier alpha value is -4.00. The van der Waals surface area contributed by atoms with Gasteiger partial charge in [0.15, 0.2) is 0 Å². The van der Waals surface area contributed by atoms with E-state index in [0.717, 1.165) is 11.1 Å². The Balaban J connectivity index is 1.51. The van der Waals surface area contributed by atoms with Crippen molar-refractivity contribution in [2.75, 3.05) is 0 Å². The van der Waals surface area contributed by atoms with Crippen molar-refractivity contribution in [1.29, 1.82) is 0 Å². The van der Waals surface area contributed by atoms with Crippen LogP contribution >= 0.6 is 0 Å². The average molecular weight is 388 g/mol. The Labute approximate surface area is 168 Å². The highest BCUT2D eigenvalue weighted by Crippen LogP contribution is 2.17. The number of amides is 2. The van der Waals surface area contributed by atoms with Gasteiger partial charge in [0.05, 0.1) is 6.21 Å². The van der Waals surface area contributed by atoms with Crippen LogP contribution in [0.3, 0.4) is 0 Å². The van der Waals surface area contributed by atoms with E-state index in [2.05, 4.69) is 20.8 Å². The fourth-order valence-electron chi connectivity index (χ4n) is 2.43. The first-order valence-corrected chi connectivity index (χ1v) is 8.98. The van der Waals surface area contributed by atoms with E-state index < -0.39 is 11.8 Å². The number of carbonyl (C=O) groups is 2. The number of carbonyl (C=O) groups excluding carboxylic acids is 2. The summed E-state index contributed by atoms with van der Waals surface area (Å²) in [5.74, 6) is -1.01. The molecule has 2 aromatic carbocycles. The first kappa shape index (κ1) is 19.8. The number of benzene rings is 2. The molecule has 2 N–H and O–H groups in total. The smallest absolute Gasteiger partial charge is 0.329 e. The van der Waals surface area contributed by atoms with Crippen LogP contribution in [0.2, 0.25) is 0 Å². The van der Waals surface area contributed by atoms with Gasteiger partial charge in [0.25, 0.3) is 0 Å². The first-order valence-electron chi connectivity index (χ1n) is 8.98. The highest BCUT2D eigenvalue weighted by Gasteiger charge is 2.12. The van der Waals surface area contributed by atoms with Crippen LogP contribution in [0.5, 0.6) is 5.75 Å². The van der Waals surface area contributed by atoms with Crippen molar-refractivity contribution in [2.45, 2.75) is 13.2 Å². The monoisotopic (exact) mass is 388 g/mol. The second kappa shape index (κ2) is 10.4. The molecule has 0 aliphatic carbocycles. The fraction of sp³-hybridized carbons (Fsp3) is 0.0909. The van der Waals surface area contributed by atoms with Gasteiger partial charge in [-0.3, -0.25) is 14.6 Å². The molecular formula is C22H20N4O3. The van der Waals surface area contributed by atoms with Gasteiger partial charge in [0, 0.05) is 24.5 Å². The third kappa shape index (κ3) is 6.28. The fourth-order valence-corrected chi connectivity index (χ4v) is 2.43. The summed E-state index contributed by atoms with van der Waals surface area (Å²) in [5.41, 5.74) is 4.73. The quantitative estimate of drug-likeness (QED) is 0.369. The lowest BCUT2D eigenvalue weighted by atomic mass is 10.2. The van der Waals surface area contributed by atoms with Gasteiger partial charge in [0.1, 0.15) is 12.4 Å². The van der Waals surface area contributed by atoms with Crippen molar-refractivity contribution >= 4 is 18.0 Å². The van der Waals surface area contributed by atoms with Gasteiger partial charge in [-0.05, 0) is 29.3 Å². The third-order valence-corrected chi connectivity index (χ3v) is 3.91. The Morgan fingerprint density at radius 2 is 1.69 bits per heavy atom. The average Bonchev–Trinajstić information content (AvgIpc) is 2.78. The van der Waals surface area contributed by atoms with E-state index in [4.69, 9.17) is 4.74 Å². The molecule has 0 saturated carbocycles. The first-order chi connectivity index (χ1) is 14.2. The number of rotatable bonds is 7. The van der Waals surface area contributed by atoms with Crippen molar-refractivity contribution in [3.05, 3.63) is 95.8 Å². The molecule has 7 nitrogen and oxygen atoms in total. The molecule has 1 heterocycles. The normalized spacial score (nSPS) is 10.5. The zero-order valence-electron chi connectivity index (χ0n) is 15.6. The van der Waals surface area contributed by atoms with E-state index in [-0.39, 0.29) is 6.54 Å². The molecule has 146 valence electrons. The highest BCUT2D eigenvalue weighted by atomic mass is 16.5. The van der Waals surface area contributed by atoms with E-state index in [1.165, 1.54) is 6.21 Å². The van der Waals surface area contributed by atoms with E-state index in [9.17, 15) is 9.59 Å². The van der Waals surface area contributed by atoms with E-state index >= 15 is 0 Å². The predicted octanol–water partition coefficient (Wildman–Crippen LogP) is 2.43. The van der Waals surface area contributed by atoms with Gasteiger partial charge in [-0.15, -0.1) is 0 Å². The number of pyridine rings is 1. The minimum absolute atomic E-state index is 0.208. The molecule has 0 saturated heterocycles. The molecule has 7 heteroatoms. The number of para-hydroxylation sites is 1. The van der Waals surface area contributed by atoms with Crippen LogP contribution in [0.1, 0.15) is 16.7 Å². The van der Waals surface area contributed by atoms with Crippen LogP contribution in [0.15, 0.2) is 84.2 Å². The number of hydrogen-bond donors (Lipinski definition) is 2. The van der Waals surface area contributed by atoms with Gasteiger partial charge in [-0.25, -0.2) is 5.43 Å². The Morgan fingerprint density at radius 3 is 2.48 bits per heavy atom. The number of ether oxygens (including phenoxy) is 1. The topological polar surface area (TPSA) is 92.7 Å². The van der Waals surface area contributed by atoms with Crippen LogP contribution in [0.25, 0.3) is 0 Å². The van der Waals surface area contributed by atoms with Gasteiger partial charge >= 0.3 is 11.8 Å². The number of nitrogens with one attached hydrogen (secondary N) is 2. The molecular weight excluding hydrogens is 368 g/mol. The highest BCUT2D eigenvalue weighted by molar-refractivity contribution is 6.35. The summed E-state index contributed by atoms with van der Waals surface area (Å²) in [7, 11) is 0. The standard InChI is InChI=1S/C22H20N4O3/c27-21(24-14-18-9-6-12-23-13-18)22(28)26-25-15-19-10-4-5-11-20(19)29-16-17-7-2-1-3-8-17/h1-13,15H,14,16H2,(H,24,27)(H,26,28)/b25-15-. The van der Waals surface area contributed by atoms with Crippen molar-refractivity contribution in [3.8, 4) is 5.75 Å². The van der Waals surface area contributed by atoms with Crippen molar-refractivity contribution in [3.63, 3.8) is 0 Å². The molecule has 0 radical (unpaired) electrons. The van der Waals surface area contributed by atoms with Crippen LogP contribution in [0.4, 0.5) is 0 Å². The molecule has 0 atom stereocenters. The Kier molecular flexibility index (Phi) is 7.06. The van der Waals surface area contributed by atoms with Crippen molar-refractivity contribution in [1.82, 2.24) is 15.7 Å². The Bertz CT molecular complexity index is 976. The second-order valence-electron chi connectivity index (χ2n) is 6.06. The second-order valence-corrected chi connectivity index (χ2v) is 6.06. The molecule has 1 aromatic heterocycles. The van der Waals surface area contributed by atoms with Crippen molar-refractivity contribution < 1.29 is 14.3 Å². The zero-order chi connectivity index (χ0) is 20.3. The molecule has 3 rings (SSSR count).